The van der Waals surface area contributed by atoms with Gasteiger partial charge in [0.25, 0.3) is 0 Å². The number of anilines is 2. The Balaban J connectivity index is 0.00000117. The van der Waals surface area contributed by atoms with Crippen LogP contribution in [0.5, 0.6) is 0 Å². The van der Waals surface area contributed by atoms with E-state index in [-0.39, 0.29) is 0 Å². The maximum atomic E-state index is 8.91. The average molecular weight is 385 g/mol. The van der Waals surface area contributed by atoms with Crippen molar-refractivity contribution in [1.82, 2.24) is 25.0 Å². The molecule has 0 bridgehead atoms. The smallest absolute Gasteiger partial charge is 0.229 e. The normalized spacial score (nSPS) is 10.1. The van der Waals surface area contributed by atoms with Gasteiger partial charge in [0.15, 0.2) is 11.2 Å². The second-order valence-electron chi connectivity index (χ2n) is 6.08. The average Bonchev–Trinajstić information content (AvgIpc) is 3.19. The Bertz CT molecular complexity index is 1120. The molecule has 0 amide bonds. The first-order chi connectivity index (χ1) is 14.3. The quantitative estimate of drug-likeness (QED) is 0.539. The maximum absolute atomic E-state index is 8.91. The van der Waals surface area contributed by atoms with E-state index < -0.39 is 0 Å². The third-order valence-electron chi connectivity index (χ3n) is 4.25. The number of fused-ring (bicyclic) bond motifs is 1. The zero-order chi connectivity index (χ0) is 20.6. The summed E-state index contributed by atoms with van der Waals surface area (Å²) in [5, 5.41) is 20.4. The summed E-state index contributed by atoms with van der Waals surface area (Å²) >= 11 is 0. The minimum absolute atomic E-state index is 0.343. The number of aromatic nitrogens is 5. The van der Waals surface area contributed by atoms with Crippen molar-refractivity contribution in [2.24, 2.45) is 0 Å². The van der Waals surface area contributed by atoms with Gasteiger partial charge >= 0.3 is 0 Å². The Labute approximate surface area is 170 Å². The largest absolute Gasteiger partial charge is 0.324 e. The molecule has 0 fully saturated rings. The van der Waals surface area contributed by atoms with Crippen molar-refractivity contribution < 1.29 is 0 Å². The molecule has 0 saturated carbocycles. The lowest BCUT2D eigenvalue weighted by atomic mass is 10.1. The number of benzene rings is 2. The molecule has 0 spiro atoms. The molecule has 0 aliphatic rings. The molecule has 7 nitrogen and oxygen atoms in total. The molecular weight excluding hydrogens is 362 g/mol. The number of hydrogen-bond acceptors (Lipinski definition) is 6. The highest BCUT2D eigenvalue weighted by Gasteiger charge is 2.11. The minimum Gasteiger partial charge on any atom is -0.324 e. The Morgan fingerprint density at radius 2 is 1.86 bits per heavy atom. The van der Waals surface area contributed by atoms with Crippen LogP contribution >= 0.6 is 0 Å². The number of aryl methyl sites for hydroxylation is 1. The first kappa shape index (κ1) is 20.0. The van der Waals surface area contributed by atoms with Crippen molar-refractivity contribution >= 4 is 22.8 Å². The first-order valence-corrected chi connectivity index (χ1v) is 9.67. The Morgan fingerprint density at radius 1 is 1.07 bits per heavy atom. The monoisotopic (exact) mass is 385 g/mol. The lowest BCUT2D eigenvalue weighted by molar-refractivity contribution is 0.816. The van der Waals surface area contributed by atoms with Crippen LogP contribution < -0.4 is 5.32 Å². The van der Waals surface area contributed by atoms with Crippen LogP contribution in [0.4, 0.5) is 11.6 Å². The molecule has 4 aromatic rings. The molecule has 0 aliphatic carbocycles. The van der Waals surface area contributed by atoms with Gasteiger partial charge in [-0.2, -0.15) is 14.9 Å². The molecule has 0 atom stereocenters. The molecule has 2 aromatic heterocycles. The van der Waals surface area contributed by atoms with E-state index in [1.165, 1.54) is 5.56 Å². The predicted molar refractivity (Wildman–Crippen MR) is 114 cm³/mol. The minimum atomic E-state index is 0.343. The molecule has 0 radical (unpaired) electrons. The highest BCUT2D eigenvalue weighted by molar-refractivity contribution is 5.72. The lowest BCUT2D eigenvalue weighted by Crippen LogP contribution is -2.02. The van der Waals surface area contributed by atoms with Crippen LogP contribution in [0.3, 0.4) is 0 Å². The van der Waals surface area contributed by atoms with Crippen molar-refractivity contribution in [1.29, 1.82) is 5.26 Å². The second-order valence-corrected chi connectivity index (χ2v) is 6.08. The number of rotatable bonds is 5. The SMILES string of the molecule is CC.CCc1ccc(Nc2ncc3nnn(-c4cccc(CC#N)c4)c3n2)cc1. The summed E-state index contributed by atoms with van der Waals surface area (Å²) in [6.07, 6.45) is 2.99. The molecule has 2 heterocycles. The first-order valence-electron chi connectivity index (χ1n) is 9.67. The molecule has 2 aromatic carbocycles. The molecule has 29 heavy (non-hydrogen) atoms. The van der Waals surface area contributed by atoms with E-state index in [4.69, 9.17) is 5.26 Å². The van der Waals surface area contributed by atoms with E-state index in [1.807, 2.05) is 50.2 Å². The van der Waals surface area contributed by atoms with Crippen molar-refractivity contribution in [3.05, 3.63) is 65.9 Å². The zero-order valence-electron chi connectivity index (χ0n) is 16.8. The third kappa shape index (κ3) is 4.55. The second kappa shape index (κ2) is 9.42. The Kier molecular flexibility index (Phi) is 6.48. The fourth-order valence-electron chi connectivity index (χ4n) is 2.80. The maximum Gasteiger partial charge on any atom is 0.229 e. The van der Waals surface area contributed by atoms with Gasteiger partial charge in [-0.3, -0.25) is 0 Å². The van der Waals surface area contributed by atoms with Crippen molar-refractivity contribution in [3.63, 3.8) is 0 Å². The lowest BCUT2D eigenvalue weighted by Gasteiger charge is -2.07. The van der Waals surface area contributed by atoms with Crippen LogP contribution in [0.2, 0.25) is 0 Å². The molecule has 4 rings (SSSR count). The van der Waals surface area contributed by atoms with Gasteiger partial charge in [-0.05, 0) is 41.8 Å². The highest BCUT2D eigenvalue weighted by Crippen LogP contribution is 2.19. The molecular formula is C22H23N7. The van der Waals surface area contributed by atoms with E-state index in [0.29, 0.717) is 23.5 Å². The summed E-state index contributed by atoms with van der Waals surface area (Å²) in [4.78, 5) is 8.89. The van der Waals surface area contributed by atoms with Gasteiger partial charge in [0.2, 0.25) is 5.95 Å². The molecule has 146 valence electrons. The van der Waals surface area contributed by atoms with Gasteiger partial charge in [-0.1, -0.05) is 50.3 Å². The van der Waals surface area contributed by atoms with Crippen molar-refractivity contribution in [3.8, 4) is 11.8 Å². The summed E-state index contributed by atoms with van der Waals surface area (Å²) in [6.45, 7) is 6.12. The molecule has 7 heteroatoms. The van der Waals surface area contributed by atoms with E-state index in [1.54, 1.807) is 10.9 Å². The number of hydrogen-bond donors (Lipinski definition) is 1. The van der Waals surface area contributed by atoms with Crippen LogP contribution in [0.15, 0.2) is 54.7 Å². The van der Waals surface area contributed by atoms with Gasteiger partial charge < -0.3 is 5.32 Å². The molecule has 1 N–H and O–H groups in total. The van der Waals surface area contributed by atoms with Crippen LogP contribution in [-0.4, -0.2) is 25.0 Å². The standard InChI is InChI=1S/C20H17N7.C2H6/c1-2-14-6-8-16(9-7-14)23-20-22-13-18-19(24-20)27(26-25-18)17-5-3-4-15(12-17)10-11-21;1-2/h3-9,12-13H,2,10H2,1H3,(H,22,23,24);1-2H3. The van der Waals surface area contributed by atoms with E-state index >= 15 is 0 Å². The fraction of sp³-hybridized carbons (Fsp3) is 0.227. The van der Waals surface area contributed by atoms with E-state index in [2.05, 4.69) is 50.7 Å². The summed E-state index contributed by atoms with van der Waals surface area (Å²) < 4.78 is 1.66. The summed E-state index contributed by atoms with van der Waals surface area (Å²) in [5.41, 5.74) is 5.13. The van der Waals surface area contributed by atoms with Gasteiger partial charge in [0.1, 0.15) is 0 Å². The summed E-state index contributed by atoms with van der Waals surface area (Å²) in [5.74, 6) is 0.475. The Hall–Kier alpha value is -3.79. The number of nitrogens with one attached hydrogen (secondary N) is 1. The molecule has 0 saturated heterocycles. The van der Waals surface area contributed by atoms with Gasteiger partial charge in [0.05, 0.1) is 24.4 Å². The van der Waals surface area contributed by atoms with Gasteiger partial charge in [0, 0.05) is 5.69 Å². The van der Waals surface area contributed by atoms with Crippen LogP contribution in [0.25, 0.3) is 16.9 Å². The van der Waals surface area contributed by atoms with Crippen molar-refractivity contribution in [2.75, 3.05) is 5.32 Å². The topological polar surface area (TPSA) is 92.3 Å². The highest BCUT2D eigenvalue weighted by atomic mass is 15.4. The van der Waals surface area contributed by atoms with Gasteiger partial charge in [-0.15, -0.1) is 5.10 Å². The predicted octanol–water partition coefficient (Wildman–Crippen LogP) is 4.61. The van der Waals surface area contributed by atoms with Crippen LogP contribution in [0.1, 0.15) is 31.9 Å². The summed E-state index contributed by atoms with van der Waals surface area (Å²) in [6, 6.07) is 18.0. The zero-order valence-corrected chi connectivity index (χ0v) is 16.8. The van der Waals surface area contributed by atoms with Crippen LogP contribution in [-0.2, 0) is 12.8 Å². The van der Waals surface area contributed by atoms with Crippen LogP contribution in [0, 0.1) is 11.3 Å². The van der Waals surface area contributed by atoms with E-state index in [0.717, 1.165) is 23.4 Å². The third-order valence-corrected chi connectivity index (χ3v) is 4.25. The molecule has 0 aliphatic heterocycles. The summed E-state index contributed by atoms with van der Waals surface area (Å²) in [7, 11) is 0. The van der Waals surface area contributed by atoms with E-state index in [9.17, 15) is 0 Å². The van der Waals surface area contributed by atoms with Crippen molar-refractivity contribution in [2.45, 2.75) is 33.6 Å². The van der Waals surface area contributed by atoms with Gasteiger partial charge in [-0.25, -0.2) is 4.98 Å². The Morgan fingerprint density at radius 3 is 2.59 bits per heavy atom. The fourth-order valence-corrected chi connectivity index (χ4v) is 2.80. The number of nitrogens with zero attached hydrogens (tertiary/aromatic N) is 6. The number of nitriles is 1. The molecule has 0 unspecified atom stereocenters.